The van der Waals surface area contributed by atoms with Gasteiger partial charge in [-0.2, -0.15) is 4.74 Å². The lowest BCUT2D eigenvalue weighted by molar-refractivity contribution is -0.474. The Balaban J connectivity index is 2.05. The Morgan fingerprint density at radius 1 is 1.31 bits per heavy atom. The van der Waals surface area contributed by atoms with Crippen LogP contribution < -0.4 is 0 Å². The van der Waals surface area contributed by atoms with Crippen LogP contribution >= 0.6 is 11.6 Å². The average Bonchev–Trinajstić information content (AvgIpc) is 2.93. The Labute approximate surface area is 171 Å². The van der Waals surface area contributed by atoms with Gasteiger partial charge in [-0.15, -0.1) is 0 Å². The molecule has 1 aliphatic rings. The van der Waals surface area contributed by atoms with Gasteiger partial charge < -0.3 is 9.94 Å². The topological polar surface area (TPSA) is 70.2 Å². The van der Waals surface area contributed by atoms with Crippen LogP contribution in [0.2, 0.25) is 5.02 Å². The van der Waals surface area contributed by atoms with Crippen molar-refractivity contribution >= 4 is 23.3 Å². The van der Waals surface area contributed by atoms with Gasteiger partial charge in [-0.3, -0.25) is 4.57 Å². The summed E-state index contributed by atoms with van der Waals surface area (Å²) in [6, 6.07) is 11.1. The molecule has 0 radical (unpaired) electrons. The molecule has 0 saturated carbocycles. The van der Waals surface area contributed by atoms with Crippen molar-refractivity contribution < 1.29 is 18.7 Å². The maximum absolute atomic E-state index is 14.6. The normalized spacial score (nSPS) is 13.0. The van der Waals surface area contributed by atoms with Crippen molar-refractivity contribution in [1.29, 1.82) is 0 Å². The number of halogens is 2. The lowest BCUT2D eigenvalue weighted by Gasteiger charge is -2.12. The largest absolute Gasteiger partial charge is 0.623 e. The zero-order chi connectivity index (χ0) is 20.7. The van der Waals surface area contributed by atoms with Gasteiger partial charge >= 0.3 is 5.97 Å². The number of carbonyl (C=O) groups is 1. The van der Waals surface area contributed by atoms with E-state index >= 15 is 0 Å². The molecule has 8 heteroatoms. The highest BCUT2D eigenvalue weighted by Crippen LogP contribution is 2.30. The van der Waals surface area contributed by atoms with Gasteiger partial charge in [0.15, 0.2) is 12.2 Å². The number of aromatic nitrogens is 2. The van der Waals surface area contributed by atoms with E-state index in [0.717, 1.165) is 0 Å². The van der Waals surface area contributed by atoms with Crippen molar-refractivity contribution in [2.24, 2.45) is 0 Å². The molecular formula is C21H17ClFN3O3. The Kier molecular flexibility index (Phi) is 4.84. The number of imidazole rings is 1. The van der Waals surface area contributed by atoms with Gasteiger partial charge in [0.1, 0.15) is 17.3 Å². The molecule has 2 aromatic carbocycles. The van der Waals surface area contributed by atoms with E-state index in [1.165, 1.54) is 12.1 Å². The van der Waals surface area contributed by atoms with Gasteiger partial charge in [0.05, 0.1) is 23.4 Å². The number of aryl methyl sites for hydroxylation is 1. The number of rotatable bonds is 3. The van der Waals surface area contributed by atoms with E-state index in [2.05, 4.69) is 4.98 Å². The van der Waals surface area contributed by atoms with E-state index in [1.807, 2.05) is 0 Å². The van der Waals surface area contributed by atoms with Gasteiger partial charge in [0.2, 0.25) is 5.71 Å². The van der Waals surface area contributed by atoms with Crippen LogP contribution in [0.5, 0.6) is 0 Å². The summed E-state index contributed by atoms with van der Waals surface area (Å²) in [6.07, 6.45) is 0. The summed E-state index contributed by atoms with van der Waals surface area (Å²) >= 11 is 6.21. The number of hydrogen-bond donors (Lipinski definition) is 0. The smallest absolute Gasteiger partial charge is 0.359 e. The summed E-state index contributed by atoms with van der Waals surface area (Å²) in [6.45, 7) is 3.41. The number of hydroxylamine groups is 1. The second kappa shape index (κ2) is 7.33. The lowest BCUT2D eigenvalue weighted by atomic mass is 10.00. The summed E-state index contributed by atoms with van der Waals surface area (Å²) in [4.78, 5) is 16.7. The minimum Gasteiger partial charge on any atom is -0.623 e. The summed E-state index contributed by atoms with van der Waals surface area (Å²) in [5.74, 6) is -0.626. The highest BCUT2D eigenvalue weighted by atomic mass is 35.5. The van der Waals surface area contributed by atoms with Crippen molar-refractivity contribution in [3.63, 3.8) is 0 Å². The number of esters is 1. The van der Waals surface area contributed by atoms with Crippen LogP contribution in [-0.2, 0) is 11.3 Å². The summed E-state index contributed by atoms with van der Waals surface area (Å²) in [7, 11) is 0. The molecule has 29 heavy (non-hydrogen) atoms. The van der Waals surface area contributed by atoms with Crippen LogP contribution in [0.1, 0.15) is 40.1 Å². The molecule has 0 saturated heterocycles. The van der Waals surface area contributed by atoms with Gasteiger partial charge in [0, 0.05) is 5.02 Å². The standard InChI is InChI=1S/C21H17ClFN3O3/c1-3-29-21(27)19-18-11-25(28)20(14-6-4-5-7-16(14)23)15-10-13(22)8-9-17(15)26(18)12(2)24-19/h4-10H,3,11H2,1-2H3. The number of hydrogen-bond acceptors (Lipinski definition) is 4. The fourth-order valence-corrected chi connectivity index (χ4v) is 3.75. The second-order valence-corrected chi connectivity index (χ2v) is 6.97. The SMILES string of the molecule is CCOC(=O)c1nc(C)n2c1C[N+]([O-])=C(c1ccccc1F)c1cc(Cl)ccc1-2. The van der Waals surface area contributed by atoms with E-state index in [4.69, 9.17) is 16.3 Å². The fourth-order valence-electron chi connectivity index (χ4n) is 3.58. The first-order chi connectivity index (χ1) is 13.9. The van der Waals surface area contributed by atoms with Gasteiger partial charge in [-0.1, -0.05) is 23.7 Å². The maximum atomic E-state index is 14.6. The van der Waals surface area contributed by atoms with Crippen molar-refractivity contribution in [2.45, 2.75) is 20.4 Å². The first-order valence-corrected chi connectivity index (χ1v) is 9.42. The quantitative estimate of drug-likeness (QED) is 0.369. The lowest BCUT2D eigenvalue weighted by Crippen LogP contribution is -2.19. The minimum atomic E-state index is -0.609. The molecule has 0 amide bonds. The number of carbonyl (C=O) groups excluding carboxylic acids is 1. The molecule has 0 bridgehead atoms. The van der Waals surface area contributed by atoms with Crippen LogP contribution in [0.15, 0.2) is 42.5 Å². The summed E-state index contributed by atoms with van der Waals surface area (Å²) < 4.78 is 22.1. The van der Waals surface area contributed by atoms with Crippen molar-refractivity contribution in [2.75, 3.05) is 6.61 Å². The maximum Gasteiger partial charge on any atom is 0.359 e. The van der Waals surface area contributed by atoms with Crippen LogP contribution in [-0.4, -0.2) is 32.6 Å². The van der Waals surface area contributed by atoms with Crippen molar-refractivity contribution in [1.82, 2.24) is 9.55 Å². The third-order valence-electron chi connectivity index (χ3n) is 4.74. The first kappa shape index (κ1) is 19.1. The Morgan fingerprint density at radius 3 is 2.79 bits per heavy atom. The molecule has 1 aliphatic heterocycles. The zero-order valence-corrected chi connectivity index (χ0v) is 16.5. The average molecular weight is 414 g/mol. The molecular weight excluding hydrogens is 397 g/mol. The van der Waals surface area contributed by atoms with Crippen molar-refractivity contribution in [3.8, 4) is 5.69 Å². The van der Waals surface area contributed by atoms with Gasteiger partial charge in [0.25, 0.3) is 0 Å². The number of ether oxygens (including phenoxy) is 1. The summed E-state index contributed by atoms with van der Waals surface area (Å²) in [5.41, 5.74) is 1.78. The van der Waals surface area contributed by atoms with Gasteiger partial charge in [-0.05, 0) is 44.2 Å². The fraction of sp³-hybridized carbons (Fsp3) is 0.190. The Bertz CT molecular complexity index is 1170. The van der Waals surface area contributed by atoms with Gasteiger partial charge in [-0.25, -0.2) is 14.2 Å². The third-order valence-corrected chi connectivity index (χ3v) is 4.97. The monoisotopic (exact) mass is 413 g/mol. The predicted molar refractivity (Wildman–Crippen MR) is 106 cm³/mol. The van der Waals surface area contributed by atoms with E-state index < -0.39 is 11.8 Å². The van der Waals surface area contributed by atoms with E-state index in [-0.39, 0.29) is 30.1 Å². The molecule has 6 nitrogen and oxygen atoms in total. The molecule has 148 valence electrons. The molecule has 0 unspecified atom stereocenters. The second-order valence-electron chi connectivity index (χ2n) is 6.54. The van der Waals surface area contributed by atoms with Crippen LogP contribution in [0, 0.1) is 17.9 Å². The molecule has 0 atom stereocenters. The molecule has 0 fully saturated rings. The van der Waals surface area contributed by atoms with Crippen LogP contribution in [0.3, 0.4) is 0 Å². The molecule has 0 aliphatic carbocycles. The number of fused-ring (bicyclic) bond motifs is 3. The highest BCUT2D eigenvalue weighted by Gasteiger charge is 2.33. The summed E-state index contributed by atoms with van der Waals surface area (Å²) in [5, 5.41) is 13.6. The molecule has 0 N–H and O–H groups in total. The van der Waals surface area contributed by atoms with Crippen LogP contribution in [0.4, 0.5) is 4.39 Å². The Hall–Kier alpha value is -3.19. The predicted octanol–water partition coefficient (Wildman–Crippen LogP) is 4.01. The molecule has 0 spiro atoms. The van der Waals surface area contributed by atoms with Crippen molar-refractivity contribution in [3.05, 3.63) is 86.9 Å². The molecule has 3 aromatic rings. The Morgan fingerprint density at radius 2 is 2.07 bits per heavy atom. The van der Waals surface area contributed by atoms with E-state index in [1.54, 1.807) is 48.7 Å². The number of nitrogens with zero attached hydrogens (tertiary/aromatic N) is 3. The highest BCUT2D eigenvalue weighted by molar-refractivity contribution is 6.31. The minimum absolute atomic E-state index is 0.0703. The van der Waals surface area contributed by atoms with E-state index in [9.17, 15) is 14.4 Å². The zero-order valence-electron chi connectivity index (χ0n) is 15.8. The van der Waals surface area contributed by atoms with E-state index in [0.29, 0.717) is 32.5 Å². The number of benzene rings is 2. The molecule has 4 rings (SSSR count). The first-order valence-electron chi connectivity index (χ1n) is 9.04. The van der Waals surface area contributed by atoms with Crippen LogP contribution in [0.25, 0.3) is 5.69 Å². The molecule has 2 heterocycles. The third kappa shape index (κ3) is 3.17. The molecule has 1 aromatic heterocycles.